The van der Waals surface area contributed by atoms with Gasteiger partial charge < -0.3 is 0 Å². The number of nitro groups is 1. The van der Waals surface area contributed by atoms with E-state index in [0.29, 0.717) is 0 Å². The number of imide groups is 1. The maximum atomic E-state index is 12.8. The van der Waals surface area contributed by atoms with E-state index in [1.54, 1.807) is 13.0 Å². The highest BCUT2D eigenvalue weighted by Crippen LogP contribution is 2.51. The molecular formula is C17H16N2O4. The van der Waals surface area contributed by atoms with Crippen LogP contribution in [-0.2, 0) is 9.59 Å². The van der Waals surface area contributed by atoms with Gasteiger partial charge in [0.15, 0.2) is 0 Å². The molecule has 3 aliphatic carbocycles. The number of nitrogens with zero attached hydrogens (tertiary/aromatic N) is 2. The number of carbonyl (C=O) groups excluding carboxylic acids is 2. The molecular weight excluding hydrogens is 296 g/mol. The van der Waals surface area contributed by atoms with Crippen molar-refractivity contribution in [3.63, 3.8) is 0 Å². The number of allylic oxidation sites excluding steroid dienone is 2. The summed E-state index contributed by atoms with van der Waals surface area (Å²) in [4.78, 5) is 37.6. The Morgan fingerprint density at radius 2 is 1.65 bits per heavy atom. The van der Waals surface area contributed by atoms with Crippen LogP contribution in [0.4, 0.5) is 11.4 Å². The van der Waals surface area contributed by atoms with E-state index in [2.05, 4.69) is 0 Å². The van der Waals surface area contributed by atoms with Crippen LogP contribution >= 0.6 is 0 Å². The van der Waals surface area contributed by atoms with E-state index in [4.69, 9.17) is 0 Å². The molecule has 6 heteroatoms. The summed E-state index contributed by atoms with van der Waals surface area (Å²) in [5.74, 6) is -1.12. The van der Waals surface area contributed by atoms with E-state index in [9.17, 15) is 19.7 Å². The summed E-state index contributed by atoms with van der Waals surface area (Å²) in [6, 6.07) is 4.61. The topological polar surface area (TPSA) is 80.5 Å². The third-order valence-corrected chi connectivity index (χ3v) is 5.33. The number of hydrogen-bond acceptors (Lipinski definition) is 4. The lowest BCUT2D eigenvalue weighted by molar-refractivity contribution is -0.384. The normalized spacial score (nSPS) is 31.6. The van der Waals surface area contributed by atoms with Gasteiger partial charge in [0.25, 0.3) is 5.69 Å². The Morgan fingerprint density at radius 1 is 1.09 bits per heavy atom. The van der Waals surface area contributed by atoms with Crippen LogP contribution in [0.3, 0.4) is 0 Å². The molecule has 0 spiro atoms. The number of nitro benzene ring substituents is 1. The molecule has 2 fully saturated rings. The van der Waals surface area contributed by atoms with Crippen LogP contribution in [0, 0.1) is 40.7 Å². The van der Waals surface area contributed by atoms with Crippen LogP contribution in [0.5, 0.6) is 0 Å². The number of amides is 2. The molecule has 6 nitrogen and oxygen atoms in total. The van der Waals surface area contributed by atoms with E-state index < -0.39 is 4.92 Å². The van der Waals surface area contributed by atoms with Crippen molar-refractivity contribution in [2.45, 2.75) is 19.8 Å². The van der Waals surface area contributed by atoms with Gasteiger partial charge in [0, 0.05) is 6.07 Å². The van der Waals surface area contributed by atoms with Crippen molar-refractivity contribution in [3.8, 4) is 0 Å². The molecule has 23 heavy (non-hydrogen) atoms. The van der Waals surface area contributed by atoms with Crippen LogP contribution in [0.25, 0.3) is 0 Å². The fraction of sp³-hybridized carbons (Fsp3) is 0.412. The van der Waals surface area contributed by atoms with E-state index in [-0.39, 0.29) is 46.9 Å². The van der Waals surface area contributed by atoms with Gasteiger partial charge >= 0.3 is 0 Å². The van der Waals surface area contributed by atoms with Crippen molar-refractivity contribution < 1.29 is 14.5 Å². The average Bonchev–Trinajstić information content (AvgIpc) is 2.82. The lowest BCUT2D eigenvalue weighted by Crippen LogP contribution is -2.38. The maximum absolute atomic E-state index is 12.8. The number of hydrogen-bond donors (Lipinski definition) is 0. The Morgan fingerprint density at radius 3 is 2.13 bits per heavy atom. The van der Waals surface area contributed by atoms with Gasteiger partial charge in [0.1, 0.15) is 5.69 Å². The van der Waals surface area contributed by atoms with Gasteiger partial charge in [0.05, 0.1) is 16.8 Å². The highest BCUT2D eigenvalue weighted by atomic mass is 16.6. The molecule has 0 aromatic heterocycles. The monoisotopic (exact) mass is 312 g/mol. The van der Waals surface area contributed by atoms with Crippen LogP contribution in [0.15, 0.2) is 30.4 Å². The zero-order valence-electron chi connectivity index (χ0n) is 12.6. The Hall–Kier alpha value is -2.50. The van der Waals surface area contributed by atoms with Crippen molar-refractivity contribution in [3.05, 3.63) is 46.0 Å². The Balaban J connectivity index is 1.81. The zero-order chi connectivity index (χ0) is 16.3. The second kappa shape index (κ2) is 4.75. The lowest BCUT2D eigenvalue weighted by atomic mass is 9.63. The lowest BCUT2D eigenvalue weighted by Gasteiger charge is -2.38. The second-order valence-corrected chi connectivity index (χ2v) is 6.60. The number of aryl methyl sites for hydroxylation is 1. The van der Waals surface area contributed by atoms with Crippen molar-refractivity contribution in [1.82, 2.24) is 0 Å². The number of anilines is 1. The van der Waals surface area contributed by atoms with Crippen LogP contribution < -0.4 is 4.90 Å². The van der Waals surface area contributed by atoms with Crippen molar-refractivity contribution >= 4 is 23.2 Å². The van der Waals surface area contributed by atoms with Crippen LogP contribution in [-0.4, -0.2) is 16.7 Å². The summed E-state index contributed by atoms with van der Waals surface area (Å²) < 4.78 is 0. The van der Waals surface area contributed by atoms with Gasteiger partial charge in [0.2, 0.25) is 11.8 Å². The van der Waals surface area contributed by atoms with Crippen molar-refractivity contribution in [2.75, 3.05) is 4.90 Å². The first-order valence-electron chi connectivity index (χ1n) is 7.80. The molecule has 2 bridgehead atoms. The third-order valence-electron chi connectivity index (χ3n) is 5.33. The summed E-state index contributed by atoms with van der Waals surface area (Å²) in [6.07, 6.45) is 5.89. The molecule has 4 aliphatic rings. The predicted octanol–water partition coefficient (Wildman–Crippen LogP) is 2.60. The SMILES string of the molecule is Cc1ccc(N2C(=O)[C@H]3[C@H](C2=O)[C@H]2C=C[C@H]3CC2)c([N+](=O)[O-])c1. The zero-order valence-corrected chi connectivity index (χ0v) is 12.6. The molecule has 118 valence electrons. The third kappa shape index (κ3) is 1.87. The van der Waals surface area contributed by atoms with Gasteiger partial charge in [-0.25, -0.2) is 4.90 Å². The first-order chi connectivity index (χ1) is 11.0. The van der Waals surface area contributed by atoms with Gasteiger partial charge in [-0.2, -0.15) is 0 Å². The molecule has 1 aromatic carbocycles. The molecule has 0 unspecified atom stereocenters. The largest absolute Gasteiger partial charge is 0.293 e. The molecule has 5 rings (SSSR count). The standard InChI is InChI=1S/C17H16N2O4/c1-9-2-7-12(13(8-9)19(22)23)18-16(20)14-10-3-4-11(6-5-10)15(14)17(18)21/h2-4,7-8,10-11,14-15H,5-6H2,1H3/t10-,11-,14+,15+/m0/s1. The number of rotatable bonds is 2. The minimum Gasteiger partial charge on any atom is -0.274 e. The van der Waals surface area contributed by atoms with Crippen LogP contribution in [0.2, 0.25) is 0 Å². The summed E-state index contributed by atoms with van der Waals surface area (Å²) in [6.45, 7) is 1.74. The predicted molar refractivity (Wildman–Crippen MR) is 82.7 cm³/mol. The highest BCUT2D eigenvalue weighted by molar-refractivity contribution is 6.23. The summed E-state index contributed by atoms with van der Waals surface area (Å²) in [7, 11) is 0. The number of carbonyl (C=O) groups is 2. The summed E-state index contributed by atoms with van der Waals surface area (Å²) in [5, 5.41) is 11.3. The fourth-order valence-corrected chi connectivity index (χ4v) is 4.28. The maximum Gasteiger partial charge on any atom is 0.293 e. The molecule has 2 amide bonds. The van der Waals surface area contributed by atoms with Crippen molar-refractivity contribution in [2.24, 2.45) is 23.7 Å². The molecule has 1 aliphatic heterocycles. The average molecular weight is 312 g/mol. The second-order valence-electron chi connectivity index (χ2n) is 6.60. The van der Waals surface area contributed by atoms with E-state index >= 15 is 0 Å². The quantitative estimate of drug-likeness (QED) is 0.364. The molecule has 0 N–H and O–H groups in total. The first kappa shape index (κ1) is 14.1. The first-order valence-corrected chi connectivity index (χ1v) is 7.80. The van der Waals surface area contributed by atoms with E-state index in [1.165, 1.54) is 12.1 Å². The number of benzene rings is 1. The smallest absolute Gasteiger partial charge is 0.274 e. The Kier molecular flexibility index (Phi) is 2.91. The Labute approximate surface area is 132 Å². The van der Waals surface area contributed by atoms with Gasteiger partial charge in [-0.15, -0.1) is 0 Å². The van der Waals surface area contributed by atoms with Crippen LogP contribution in [0.1, 0.15) is 18.4 Å². The van der Waals surface area contributed by atoms with E-state index in [1.807, 2.05) is 12.2 Å². The summed E-state index contributed by atoms with van der Waals surface area (Å²) >= 11 is 0. The minimum absolute atomic E-state index is 0.0796. The van der Waals surface area contributed by atoms with E-state index in [0.717, 1.165) is 23.3 Å². The highest BCUT2D eigenvalue weighted by Gasteiger charge is 2.57. The molecule has 1 saturated heterocycles. The van der Waals surface area contributed by atoms with Crippen molar-refractivity contribution in [1.29, 1.82) is 0 Å². The Bertz CT molecular complexity index is 738. The van der Waals surface area contributed by atoms with Gasteiger partial charge in [-0.1, -0.05) is 18.2 Å². The van der Waals surface area contributed by atoms with Gasteiger partial charge in [-0.05, 0) is 43.2 Å². The fourth-order valence-electron chi connectivity index (χ4n) is 4.28. The van der Waals surface area contributed by atoms with Gasteiger partial charge in [-0.3, -0.25) is 19.7 Å². The number of fused-ring (bicyclic) bond motifs is 1. The molecule has 1 heterocycles. The molecule has 1 saturated carbocycles. The summed E-state index contributed by atoms with van der Waals surface area (Å²) in [5.41, 5.74) is 0.633. The molecule has 4 atom stereocenters. The molecule has 1 aromatic rings. The molecule has 0 radical (unpaired) electrons. The minimum atomic E-state index is -0.530.